The molecule has 0 aliphatic rings. The first-order chi connectivity index (χ1) is 7.15. The molecule has 0 spiro atoms. The van der Waals surface area contributed by atoms with E-state index in [9.17, 15) is 0 Å². The van der Waals surface area contributed by atoms with E-state index in [0.29, 0.717) is 5.92 Å². The van der Waals surface area contributed by atoms with Crippen molar-refractivity contribution in [2.75, 3.05) is 7.11 Å². The predicted molar refractivity (Wildman–Crippen MR) is 76.3 cm³/mol. The maximum Gasteiger partial charge on any atom is 0.0812 e. The van der Waals surface area contributed by atoms with Gasteiger partial charge < -0.3 is 4.74 Å². The Hall–Kier alpha value is -0.0900. The molecule has 0 aromatic rings. The molecule has 15 heavy (non-hydrogen) atoms. The van der Waals surface area contributed by atoms with Gasteiger partial charge in [-0.2, -0.15) is 0 Å². The Morgan fingerprint density at radius 1 is 1.47 bits per heavy atom. The molecule has 0 aliphatic heterocycles. The lowest BCUT2D eigenvalue weighted by molar-refractivity contribution is 0.133. The molecule has 0 heterocycles. The molecule has 0 aromatic heterocycles. The average Bonchev–Trinajstić information content (AvgIpc) is 2.22. The van der Waals surface area contributed by atoms with Gasteiger partial charge in [0.15, 0.2) is 0 Å². The summed E-state index contributed by atoms with van der Waals surface area (Å²) in [5.74, 6) is 0.568. The number of hydrogen-bond donors (Lipinski definition) is 0. The van der Waals surface area contributed by atoms with Crippen LogP contribution in [0.5, 0.6) is 0 Å². The monoisotopic (exact) mass is 320 g/mol. The summed E-state index contributed by atoms with van der Waals surface area (Å²) in [5.41, 5.74) is 1.30. The van der Waals surface area contributed by atoms with Crippen molar-refractivity contribution < 1.29 is 4.74 Å². The van der Waals surface area contributed by atoms with Crippen LogP contribution in [0.1, 0.15) is 26.7 Å². The van der Waals surface area contributed by atoms with Crippen LogP contribution in [-0.2, 0) is 4.74 Å². The molecule has 0 aromatic carbocycles. The van der Waals surface area contributed by atoms with E-state index in [1.54, 1.807) is 7.11 Å². The fourth-order valence-corrected chi connectivity index (χ4v) is 1.80. The van der Waals surface area contributed by atoms with Crippen LogP contribution < -0.4 is 0 Å². The molecule has 0 saturated heterocycles. The SMILES string of the molecule is C=CC[C@H](OC)/C(C)=C/[C@@H](C)C/C=C/I. The first-order valence-electron chi connectivity index (χ1n) is 5.22. The number of allylic oxidation sites excluding steroid dienone is 2. The lowest BCUT2D eigenvalue weighted by Crippen LogP contribution is -2.11. The van der Waals surface area contributed by atoms with E-state index in [2.05, 4.69) is 59.3 Å². The highest BCUT2D eigenvalue weighted by atomic mass is 127. The van der Waals surface area contributed by atoms with Crippen LogP contribution in [0.15, 0.2) is 34.5 Å². The summed E-state index contributed by atoms with van der Waals surface area (Å²) >= 11 is 2.25. The largest absolute Gasteiger partial charge is 0.377 e. The van der Waals surface area contributed by atoms with Gasteiger partial charge in [0.2, 0.25) is 0 Å². The zero-order valence-corrected chi connectivity index (χ0v) is 12.0. The quantitative estimate of drug-likeness (QED) is 0.496. The summed E-state index contributed by atoms with van der Waals surface area (Å²) in [4.78, 5) is 0. The molecule has 0 N–H and O–H groups in total. The molecule has 0 amide bonds. The molecule has 2 heteroatoms. The number of methoxy groups -OCH3 is 1. The summed E-state index contributed by atoms with van der Waals surface area (Å²) in [6.45, 7) is 8.09. The van der Waals surface area contributed by atoms with Crippen molar-refractivity contribution in [3.63, 3.8) is 0 Å². The van der Waals surface area contributed by atoms with Gasteiger partial charge in [0.1, 0.15) is 0 Å². The Morgan fingerprint density at radius 2 is 2.13 bits per heavy atom. The second-order valence-electron chi connectivity index (χ2n) is 3.73. The lowest BCUT2D eigenvalue weighted by atomic mass is 10.0. The number of rotatable bonds is 7. The molecular weight excluding hydrogens is 299 g/mol. The molecule has 2 atom stereocenters. The molecule has 0 bridgehead atoms. The zero-order valence-electron chi connectivity index (χ0n) is 9.87. The van der Waals surface area contributed by atoms with Crippen LogP contribution in [0.25, 0.3) is 0 Å². The van der Waals surface area contributed by atoms with Gasteiger partial charge in [-0.05, 0) is 35.3 Å². The molecule has 0 rings (SSSR count). The summed E-state index contributed by atoms with van der Waals surface area (Å²) in [5, 5.41) is 0. The van der Waals surface area contributed by atoms with E-state index in [-0.39, 0.29) is 6.10 Å². The van der Waals surface area contributed by atoms with Gasteiger partial charge >= 0.3 is 0 Å². The van der Waals surface area contributed by atoms with Crippen molar-refractivity contribution in [2.45, 2.75) is 32.8 Å². The standard InChI is InChI=1S/C13H21IO/c1-5-7-13(15-4)12(3)10-11(2)8-6-9-14/h5-6,9-11,13H,1,7-8H2,2-4H3/b9-6+,12-10+/t11-,13-/m0/s1. The highest BCUT2D eigenvalue weighted by Gasteiger charge is 2.08. The van der Waals surface area contributed by atoms with Crippen molar-refractivity contribution in [3.05, 3.63) is 34.5 Å². The first kappa shape index (κ1) is 14.9. The molecule has 0 saturated carbocycles. The third kappa shape index (κ3) is 6.90. The van der Waals surface area contributed by atoms with Gasteiger partial charge in [-0.15, -0.1) is 6.58 Å². The van der Waals surface area contributed by atoms with Crippen LogP contribution in [0.4, 0.5) is 0 Å². The van der Waals surface area contributed by atoms with Crippen molar-refractivity contribution in [1.82, 2.24) is 0 Å². The van der Waals surface area contributed by atoms with Gasteiger partial charge in [0.05, 0.1) is 6.10 Å². The highest BCUT2D eigenvalue weighted by molar-refractivity contribution is 14.1. The second kappa shape index (κ2) is 9.16. The third-order valence-corrected chi connectivity index (χ3v) is 2.83. The Morgan fingerprint density at radius 3 is 2.60 bits per heavy atom. The highest BCUT2D eigenvalue weighted by Crippen LogP contribution is 2.15. The zero-order chi connectivity index (χ0) is 11.7. The lowest BCUT2D eigenvalue weighted by Gasteiger charge is -2.15. The van der Waals surface area contributed by atoms with Crippen LogP contribution in [0.3, 0.4) is 0 Å². The first-order valence-corrected chi connectivity index (χ1v) is 6.47. The summed E-state index contributed by atoms with van der Waals surface area (Å²) in [7, 11) is 1.75. The third-order valence-electron chi connectivity index (χ3n) is 2.32. The fourth-order valence-electron chi connectivity index (χ4n) is 1.51. The minimum atomic E-state index is 0.188. The van der Waals surface area contributed by atoms with Gasteiger partial charge in [-0.1, -0.05) is 47.7 Å². The normalized spacial score (nSPS) is 16.7. The van der Waals surface area contributed by atoms with Gasteiger partial charge in [0.25, 0.3) is 0 Å². The maximum absolute atomic E-state index is 5.40. The van der Waals surface area contributed by atoms with Crippen LogP contribution in [-0.4, -0.2) is 13.2 Å². The molecule has 0 fully saturated rings. The minimum Gasteiger partial charge on any atom is -0.377 e. The van der Waals surface area contributed by atoms with Crippen LogP contribution in [0.2, 0.25) is 0 Å². The predicted octanol–water partition coefficient (Wildman–Crippen LogP) is 4.50. The summed E-state index contributed by atoms with van der Waals surface area (Å²) < 4.78 is 7.46. The topological polar surface area (TPSA) is 9.23 Å². The molecule has 86 valence electrons. The maximum atomic E-state index is 5.40. The van der Waals surface area contributed by atoms with Crippen molar-refractivity contribution in [2.24, 2.45) is 5.92 Å². The Labute approximate surface area is 107 Å². The summed E-state index contributed by atoms with van der Waals surface area (Å²) in [6.07, 6.45) is 8.53. The van der Waals surface area contributed by atoms with Crippen molar-refractivity contribution in [1.29, 1.82) is 0 Å². The Bertz CT molecular complexity index is 231. The van der Waals surface area contributed by atoms with E-state index in [1.807, 2.05) is 6.08 Å². The fraction of sp³-hybridized carbons (Fsp3) is 0.538. The smallest absolute Gasteiger partial charge is 0.0812 e. The minimum absolute atomic E-state index is 0.188. The van der Waals surface area contributed by atoms with Crippen LogP contribution in [0, 0.1) is 5.92 Å². The van der Waals surface area contributed by atoms with E-state index in [0.717, 1.165) is 12.8 Å². The van der Waals surface area contributed by atoms with Gasteiger partial charge in [0, 0.05) is 7.11 Å². The molecular formula is C13H21IO. The number of halogens is 1. The Kier molecular flexibility index (Phi) is 9.10. The number of ether oxygens (including phenoxy) is 1. The molecule has 0 unspecified atom stereocenters. The van der Waals surface area contributed by atoms with E-state index >= 15 is 0 Å². The van der Waals surface area contributed by atoms with E-state index < -0.39 is 0 Å². The van der Waals surface area contributed by atoms with Gasteiger partial charge in [-0.3, -0.25) is 0 Å². The van der Waals surface area contributed by atoms with E-state index in [4.69, 9.17) is 4.74 Å². The number of hydrogen-bond acceptors (Lipinski definition) is 1. The van der Waals surface area contributed by atoms with E-state index in [1.165, 1.54) is 5.57 Å². The Balaban J connectivity index is 4.29. The second-order valence-corrected chi connectivity index (χ2v) is 4.45. The average molecular weight is 320 g/mol. The summed E-state index contributed by atoms with van der Waals surface area (Å²) in [6, 6.07) is 0. The molecule has 1 nitrogen and oxygen atoms in total. The van der Waals surface area contributed by atoms with Crippen molar-refractivity contribution in [3.8, 4) is 0 Å². The molecule has 0 aliphatic carbocycles. The van der Waals surface area contributed by atoms with Crippen molar-refractivity contribution >= 4 is 22.6 Å². The molecule has 0 radical (unpaired) electrons. The van der Waals surface area contributed by atoms with Gasteiger partial charge in [-0.25, -0.2) is 0 Å². The van der Waals surface area contributed by atoms with Crippen LogP contribution >= 0.6 is 22.6 Å².